The Morgan fingerprint density at radius 2 is 1.54 bits per heavy atom. The third-order valence-corrected chi connectivity index (χ3v) is 7.48. The zero-order valence-electron chi connectivity index (χ0n) is 20.3. The molecule has 2 aliphatic carbocycles. The minimum absolute atomic E-state index is 0.0307. The number of aliphatic carboxylic acids is 1. The van der Waals surface area contributed by atoms with Crippen molar-refractivity contribution in [2.45, 2.75) is 39.0 Å². The fourth-order valence-corrected chi connectivity index (χ4v) is 5.11. The van der Waals surface area contributed by atoms with Gasteiger partial charge in [0.1, 0.15) is 6.61 Å². The number of hydrogen-bond donors (Lipinski definition) is 3. The van der Waals surface area contributed by atoms with Crippen molar-refractivity contribution in [2.75, 3.05) is 19.7 Å². The summed E-state index contributed by atoms with van der Waals surface area (Å²) in [6.45, 7) is 4.27. The molecule has 0 aliphatic heterocycles. The standard InChI is InChI=1S/C28H34N2O5/c1-17(2)23(26(31)29-15-24(27(32)33)18-8-7-9-18)14-30-28(34)35-16-25-21-12-5-3-10-19(21)20-11-4-6-13-22(20)25/h3-6,10-13,17-18,23-25H,7-9,14-16H2,1-2H3,(H,29,31)(H,30,34)(H,32,33). The smallest absolute Gasteiger partial charge is 0.407 e. The van der Waals surface area contributed by atoms with Crippen LogP contribution >= 0.6 is 0 Å². The molecule has 7 heteroatoms. The lowest BCUT2D eigenvalue weighted by molar-refractivity contribution is -0.145. The van der Waals surface area contributed by atoms with E-state index in [1.54, 1.807) is 0 Å². The molecule has 2 unspecified atom stereocenters. The number of ether oxygens (including phenoxy) is 1. The second-order valence-corrected chi connectivity index (χ2v) is 9.94. The zero-order chi connectivity index (χ0) is 24.9. The Hall–Kier alpha value is -3.35. The number of fused-ring (bicyclic) bond motifs is 3. The maximum Gasteiger partial charge on any atom is 0.407 e. The average molecular weight is 479 g/mol. The summed E-state index contributed by atoms with van der Waals surface area (Å²) in [6.07, 6.45) is 2.26. The lowest BCUT2D eigenvalue weighted by Gasteiger charge is -2.31. The molecular weight excluding hydrogens is 444 g/mol. The molecule has 4 rings (SSSR count). The summed E-state index contributed by atoms with van der Waals surface area (Å²) >= 11 is 0. The number of carbonyl (C=O) groups is 3. The van der Waals surface area contributed by atoms with Crippen LogP contribution in [0.25, 0.3) is 11.1 Å². The van der Waals surface area contributed by atoms with Crippen LogP contribution in [0.4, 0.5) is 4.79 Å². The lowest BCUT2D eigenvalue weighted by atomic mass is 9.76. The molecule has 3 N–H and O–H groups in total. The third-order valence-electron chi connectivity index (χ3n) is 7.48. The fourth-order valence-electron chi connectivity index (χ4n) is 5.11. The molecule has 2 amide bonds. The Morgan fingerprint density at radius 3 is 2.06 bits per heavy atom. The second-order valence-electron chi connectivity index (χ2n) is 9.94. The number of alkyl carbamates (subject to hydrolysis) is 1. The van der Waals surface area contributed by atoms with Crippen molar-refractivity contribution in [3.63, 3.8) is 0 Å². The zero-order valence-corrected chi connectivity index (χ0v) is 20.3. The normalized spacial score (nSPS) is 16.5. The van der Waals surface area contributed by atoms with Crippen LogP contribution in [0.15, 0.2) is 48.5 Å². The quantitative estimate of drug-likeness (QED) is 0.469. The predicted molar refractivity (Wildman–Crippen MR) is 133 cm³/mol. The number of hydrogen-bond acceptors (Lipinski definition) is 4. The average Bonchev–Trinajstić information content (AvgIpc) is 3.12. The van der Waals surface area contributed by atoms with E-state index >= 15 is 0 Å². The monoisotopic (exact) mass is 478 g/mol. The molecule has 1 saturated carbocycles. The first-order valence-electron chi connectivity index (χ1n) is 12.5. The molecule has 186 valence electrons. The molecule has 2 atom stereocenters. The van der Waals surface area contributed by atoms with Gasteiger partial charge in [-0.05, 0) is 46.9 Å². The van der Waals surface area contributed by atoms with Gasteiger partial charge in [-0.25, -0.2) is 4.79 Å². The number of rotatable bonds is 10. The molecule has 0 aromatic heterocycles. The number of carbonyl (C=O) groups excluding carboxylic acids is 2. The SMILES string of the molecule is CC(C)C(CNC(=O)OCC1c2ccccc2-c2ccccc21)C(=O)NCC(C(=O)O)C1CCC1. The molecule has 2 aromatic carbocycles. The van der Waals surface area contributed by atoms with Crippen LogP contribution in [0.1, 0.15) is 50.2 Å². The first-order chi connectivity index (χ1) is 16.9. The Morgan fingerprint density at radius 1 is 0.943 bits per heavy atom. The molecule has 0 heterocycles. The van der Waals surface area contributed by atoms with Crippen LogP contribution in [0, 0.1) is 23.7 Å². The van der Waals surface area contributed by atoms with E-state index in [0.717, 1.165) is 41.5 Å². The van der Waals surface area contributed by atoms with Crippen LogP contribution in [-0.4, -0.2) is 42.8 Å². The molecule has 2 aromatic rings. The molecule has 35 heavy (non-hydrogen) atoms. The summed E-state index contributed by atoms with van der Waals surface area (Å²) in [5.74, 6) is -2.09. The largest absolute Gasteiger partial charge is 0.481 e. The van der Waals surface area contributed by atoms with Crippen LogP contribution in [-0.2, 0) is 14.3 Å². The maximum atomic E-state index is 12.8. The van der Waals surface area contributed by atoms with E-state index in [4.69, 9.17) is 4.74 Å². The van der Waals surface area contributed by atoms with Gasteiger partial charge in [0.2, 0.25) is 5.91 Å². The molecule has 0 spiro atoms. The summed E-state index contributed by atoms with van der Waals surface area (Å²) in [6, 6.07) is 16.3. The minimum Gasteiger partial charge on any atom is -0.481 e. The lowest BCUT2D eigenvalue weighted by Crippen LogP contribution is -2.45. The Labute approximate surface area is 206 Å². The van der Waals surface area contributed by atoms with Gasteiger partial charge in [-0.3, -0.25) is 9.59 Å². The highest BCUT2D eigenvalue weighted by Crippen LogP contribution is 2.44. The maximum absolute atomic E-state index is 12.8. The van der Waals surface area contributed by atoms with Gasteiger partial charge in [-0.1, -0.05) is 68.8 Å². The summed E-state index contributed by atoms with van der Waals surface area (Å²) in [5, 5.41) is 15.0. The fraction of sp³-hybridized carbons (Fsp3) is 0.464. The number of benzene rings is 2. The minimum atomic E-state index is -0.868. The van der Waals surface area contributed by atoms with E-state index in [9.17, 15) is 19.5 Å². The van der Waals surface area contributed by atoms with Gasteiger partial charge in [0, 0.05) is 19.0 Å². The van der Waals surface area contributed by atoms with Crippen LogP contribution in [0.3, 0.4) is 0 Å². The number of amides is 2. The van der Waals surface area contributed by atoms with Gasteiger partial charge in [-0.15, -0.1) is 0 Å². The van der Waals surface area contributed by atoms with Crippen LogP contribution in [0.2, 0.25) is 0 Å². The van der Waals surface area contributed by atoms with Gasteiger partial charge in [-0.2, -0.15) is 0 Å². The van der Waals surface area contributed by atoms with Crippen molar-refractivity contribution in [2.24, 2.45) is 23.7 Å². The highest BCUT2D eigenvalue weighted by molar-refractivity contribution is 5.81. The van der Waals surface area contributed by atoms with Crippen molar-refractivity contribution in [3.05, 3.63) is 59.7 Å². The Bertz CT molecular complexity index is 1030. The summed E-state index contributed by atoms with van der Waals surface area (Å²) in [7, 11) is 0. The molecule has 0 bridgehead atoms. The van der Waals surface area contributed by atoms with Crippen molar-refractivity contribution < 1.29 is 24.2 Å². The van der Waals surface area contributed by atoms with E-state index < -0.39 is 23.9 Å². The van der Waals surface area contributed by atoms with E-state index in [0.29, 0.717) is 0 Å². The van der Waals surface area contributed by atoms with Gasteiger partial charge in [0.05, 0.1) is 11.8 Å². The van der Waals surface area contributed by atoms with Gasteiger partial charge >= 0.3 is 12.1 Å². The molecule has 0 radical (unpaired) electrons. The predicted octanol–water partition coefficient (Wildman–Crippen LogP) is 4.41. The molecule has 0 saturated heterocycles. The van der Waals surface area contributed by atoms with Crippen molar-refractivity contribution >= 4 is 18.0 Å². The van der Waals surface area contributed by atoms with E-state index in [1.807, 2.05) is 38.1 Å². The molecule has 2 aliphatic rings. The summed E-state index contributed by atoms with van der Waals surface area (Å²) in [4.78, 5) is 36.9. The van der Waals surface area contributed by atoms with Gasteiger partial charge in [0.15, 0.2) is 0 Å². The first kappa shape index (κ1) is 24.8. The second kappa shape index (κ2) is 10.9. The molecule has 1 fully saturated rings. The van der Waals surface area contributed by atoms with Crippen molar-refractivity contribution in [1.82, 2.24) is 10.6 Å². The van der Waals surface area contributed by atoms with Crippen molar-refractivity contribution in [3.8, 4) is 11.1 Å². The van der Waals surface area contributed by atoms with Crippen LogP contribution in [0.5, 0.6) is 0 Å². The number of nitrogens with one attached hydrogen (secondary N) is 2. The van der Waals surface area contributed by atoms with E-state index in [1.165, 1.54) is 0 Å². The third kappa shape index (κ3) is 5.50. The summed E-state index contributed by atoms with van der Waals surface area (Å²) in [5.41, 5.74) is 4.60. The Kier molecular flexibility index (Phi) is 7.73. The first-order valence-corrected chi connectivity index (χ1v) is 12.5. The molecule has 7 nitrogen and oxygen atoms in total. The van der Waals surface area contributed by atoms with E-state index in [-0.39, 0.29) is 43.4 Å². The Balaban J connectivity index is 1.30. The topological polar surface area (TPSA) is 105 Å². The number of carboxylic acids is 1. The van der Waals surface area contributed by atoms with Crippen molar-refractivity contribution in [1.29, 1.82) is 0 Å². The van der Waals surface area contributed by atoms with Crippen LogP contribution < -0.4 is 10.6 Å². The highest BCUT2D eigenvalue weighted by atomic mass is 16.5. The molecular formula is C28H34N2O5. The highest BCUT2D eigenvalue weighted by Gasteiger charge is 2.34. The van der Waals surface area contributed by atoms with Gasteiger partial charge in [0.25, 0.3) is 0 Å². The van der Waals surface area contributed by atoms with E-state index in [2.05, 4.69) is 34.9 Å². The van der Waals surface area contributed by atoms with Gasteiger partial charge < -0.3 is 20.5 Å². The number of carboxylic acid groups (broad SMARTS) is 1. The summed E-state index contributed by atoms with van der Waals surface area (Å²) < 4.78 is 5.57.